The predicted molar refractivity (Wildman–Crippen MR) is 31.1 cm³/mol. The maximum absolute atomic E-state index is 8.05. The van der Waals surface area contributed by atoms with Gasteiger partial charge in [0.25, 0.3) is 0 Å². The number of rotatable bonds is 1. The van der Waals surface area contributed by atoms with Gasteiger partial charge in [-0.25, -0.2) is 0 Å². The molecule has 0 amide bonds. The van der Waals surface area contributed by atoms with E-state index in [2.05, 4.69) is 5.16 Å². The standard InChI is InChI=1S/C5H10N2O/c8-6-5-7-3-1-2-4-7/h5,8H,1-4H2/b6-5-. The molecule has 1 heterocycles. The topological polar surface area (TPSA) is 35.8 Å². The van der Waals surface area contributed by atoms with Gasteiger partial charge in [-0.2, -0.15) is 0 Å². The molecule has 0 saturated carbocycles. The van der Waals surface area contributed by atoms with Crippen molar-refractivity contribution in [3.63, 3.8) is 0 Å². The summed E-state index contributed by atoms with van der Waals surface area (Å²) in [5, 5.41) is 11.0. The molecule has 1 rings (SSSR count). The van der Waals surface area contributed by atoms with Crippen molar-refractivity contribution in [3.05, 3.63) is 0 Å². The average molecular weight is 114 g/mol. The van der Waals surface area contributed by atoms with Crippen molar-refractivity contribution in [1.29, 1.82) is 0 Å². The van der Waals surface area contributed by atoms with Crippen LogP contribution in [0.4, 0.5) is 0 Å². The molecule has 0 unspecified atom stereocenters. The van der Waals surface area contributed by atoms with E-state index < -0.39 is 0 Å². The Morgan fingerprint density at radius 3 is 2.50 bits per heavy atom. The van der Waals surface area contributed by atoms with Crippen molar-refractivity contribution < 1.29 is 5.21 Å². The van der Waals surface area contributed by atoms with Crippen LogP contribution >= 0.6 is 0 Å². The summed E-state index contributed by atoms with van der Waals surface area (Å²) in [4.78, 5) is 2.00. The third kappa shape index (κ3) is 1.12. The van der Waals surface area contributed by atoms with E-state index in [1.165, 1.54) is 19.2 Å². The Bertz CT molecular complexity index is 86.4. The Morgan fingerprint density at radius 2 is 2.00 bits per heavy atom. The molecule has 0 aromatic carbocycles. The van der Waals surface area contributed by atoms with Gasteiger partial charge in [0.2, 0.25) is 0 Å². The lowest BCUT2D eigenvalue weighted by Gasteiger charge is -2.05. The molecule has 0 aromatic heterocycles. The van der Waals surface area contributed by atoms with Crippen molar-refractivity contribution in [3.8, 4) is 0 Å². The fourth-order valence-electron chi connectivity index (χ4n) is 0.930. The van der Waals surface area contributed by atoms with E-state index in [9.17, 15) is 0 Å². The van der Waals surface area contributed by atoms with E-state index in [0.29, 0.717) is 0 Å². The van der Waals surface area contributed by atoms with Gasteiger partial charge in [-0.3, -0.25) is 0 Å². The highest BCUT2D eigenvalue weighted by Gasteiger charge is 2.06. The van der Waals surface area contributed by atoms with Gasteiger partial charge in [0, 0.05) is 13.1 Å². The van der Waals surface area contributed by atoms with Crippen LogP contribution in [0.15, 0.2) is 5.16 Å². The van der Waals surface area contributed by atoms with Crippen LogP contribution in [0, 0.1) is 0 Å². The van der Waals surface area contributed by atoms with E-state index in [0.717, 1.165) is 13.1 Å². The number of likely N-dealkylation sites (tertiary alicyclic amines) is 1. The molecule has 3 heteroatoms. The molecule has 1 fully saturated rings. The second-order valence-corrected chi connectivity index (χ2v) is 1.97. The quantitative estimate of drug-likeness (QED) is 0.233. The van der Waals surface area contributed by atoms with Crippen LogP contribution in [0.1, 0.15) is 12.8 Å². The zero-order chi connectivity index (χ0) is 5.82. The summed E-state index contributed by atoms with van der Waals surface area (Å²) in [6.07, 6.45) is 3.94. The molecule has 1 aliphatic rings. The maximum atomic E-state index is 8.05. The van der Waals surface area contributed by atoms with E-state index in [-0.39, 0.29) is 0 Å². The molecular formula is C5H10N2O. The summed E-state index contributed by atoms with van der Waals surface area (Å²) < 4.78 is 0. The average Bonchev–Trinajstić information content (AvgIpc) is 2.19. The largest absolute Gasteiger partial charge is 0.410 e. The molecular weight excluding hydrogens is 104 g/mol. The molecule has 3 nitrogen and oxygen atoms in total. The third-order valence-electron chi connectivity index (χ3n) is 1.36. The predicted octanol–water partition coefficient (Wildman–Crippen LogP) is 0.500. The normalized spacial score (nSPS) is 20.8. The highest BCUT2D eigenvalue weighted by molar-refractivity contribution is 5.54. The molecule has 0 aromatic rings. The van der Waals surface area contributed by atoms with Gasteiger partial charge in [-0.1, -0.05) is 5.16 Å². The summed E-state index contributed by atoms with van der Waals surface area (Å²) in [6.45, 7) is 2.09. The van der Waals surface area contributed by atoms with Crippen molar-refractivity contribution in [2.24, 2.45) is 5.16 Å². The van der Waals surface area contributed by atoms with Gasteiger partial charge in [0.05, 0.1) is 0 Å². The lowest BCUT2D eigenvalue weighted by molar-refractivity contribution is 0.311. The monoisotopic (exact) mass is 114 g/mol. The molecule has 1 aliphatic heterocycles. The summed E-state index contributed by atoms with van der Waals surface area (Å²) in [7, 11) is 0. The van der Waals surface area contributed by atoms with Crippen molar-refractivity contribution >= 4 is 6.34 Å². The molecule has 8 heavy (non-hydrogen) atoms. The fraction of sp³-hybridized carbons (Fsp3) is 0.800. The van der Waals surface area contributed by atoms with Crippen LogP contribution < -0.4 is 0 Å². The molecule has 1 saturated heterocycles. The number of hydrogen-bond acceptors (Lipinski definition) is 2. The summed E-state index contributed by atoms with van der Waals surface area (Å²) in [5.74, 6) is 0. The fourth-order valence-corrected chi connectivity index (χ4v) is 0.930. The first kappa shape index (κ1) is 5.41. The Hall–Kier alpha value is -0.730. The zero-order valence-electron chi connectivity index (χ0n) is 4.75. The van der Waals surface area contributed by atoms with E-state index in [1.807, 2.05) is 4.90 Å². The first-order chi connectivity index (χ1) is 3.93. The van der Waals surface area contributed by atoms with Gasteiger partial charge in [0.15, 0.2) is 0 Å². The van der Waals surface area contributed by atoms with Crippen LogP contribution in [0.25, 0.3) is 0 Å². The van der Waals surface area contributed by atoms with Gasteiger partial charge in [-0.05, 0) is 12.8 Å². The maximum Gasteiger partial charge on any atom is 0.130 e. The molecule has 0 bridgehead atoms. The molecule has 46 valence electrons. The second-order valence-electron chi connectivity index (χ2n) is 1.97. The molecule has 0 radical (unpaired) electrons. The van der Waals surface area contributed by atoms with Crippen LogP contribution in [0.2, 0.25) is 0 Å². The number of oxime groups is 1. The SMILES string of the molecule is O/N=C\N1CCCC1. The number of nitrogens with zero attached hydrogens (tertiary/aromatic N) is 2. The minimum absolute atomic E-state index is 1.05. The molecule has 0 aliphatic carbocycles. The Morgan fingerprint density at radius 1 is 1.38 bits per heavy atom. The minimum Gasteiger partial charge on any atom is -0.410 e. The highest BCUT2D eigenvalue weighted by Crippen LogP contribution is 2.03. The van der Waals surface area contributed by atoms with E-state index in [4.69, 9.17) is 5.21 Å². The lowest BCUT2D eigenvalue weighted by atomic mass is 10.4. The van der Waals surface area contributed by atoms with Gasteiger partial charge >= 0.3 is 0 Å². The summed E-state index contributed by atoms with van der Waals surface area (Å²) >= 11 is 0. The van der Waals surface area contributed by atoms with Crippen LogP contribution in [0.5, 0.6) is 0 Å². The van der Waals surface area contributed by atoms with Gasteiger partial charge in [-0.15, -0.1) is 0 Å². The Labute approximate surface area is 48.6 Å². The molecule has 1 N–H and O–H groups in total. The highest BCUT2D eigenvalue weighted by atomic mass is 16.4. The smallest absolute Gasteiger partial charge is 0.130 e. The molecule has 0 spiro atoms. The number of hydrogen-bond donors (Lipinski definition) is 1. The first-order valence-electron chi connectivity index (χ1n) is 2.85. The van der Waals surface area contributed by atoms with Crippen LogP contribution in [-0.4, -0.2) is 29.5 Å². The van der Waals surface area contributed by atoms with Gasteiger partial charge < -0.3 is 10.1 Å². The van der Waals surface area contributed by atoms with Crippen LogP contribution in [0.3, 0.4) is 0 Å². The Balaban J connectivity index is 2.24. The third-order valence-corrected chi connectivity index (χ3v) is 1.36. The second kappa shape index (κ2) is 2.55. The van der Waals surface area contributed by atoms with Crippen molar-refractivity contribution in [2.75, 3.05) is 13.1 Å². The van der Waals surface area contributed by atoms with Crippen LogP contribution in [-0.2, 0) is 0 Å². The van der Waals surface area contributed by atoms with Crippen molar-refractivity contribution in [1.82, 2.24) is 4.90 Å². The van der Waals surface area contributed by atoms with Crippen molar-refractivity contribution in [2.45, 2.75) is 12.8 Å². The Kier molecular flexibility index (Phi) is 1.72. The van der Waals surface area contributed by atoms with E-state index >= 15 is 0 Å². The lowest BCUT2D eigenvalue weighted by Crippen LogP contribution is -2.15. The summed E-state index contributed by atoms with van der Waals surface area (Å²) in [6, 6.07) is 0. The minimum atomic E-state index is 1.05. The first-order valence-corrected chi connectivity index (χ1v) is 2.85. The summed E-state index contributed by atoms with van der Waals surface area (Å²) in [5.41, 5.74) is 0. The van der Waals surface area contributed by atoms with Gasteiger partial charge in [0.1, 0.15) is 6.34 Å². The molecule has 0 atom stereocenters. The zero-order valence-corrected chi connectivity index (χ0v) is 4.75. The van der Waals surface area contributed by atoms with E-state index in [1.54, 1.807) is 0 Å².